The Labute approximate surface area is 145 Å². The van der Waals surface area contributed by atoms with E-state index in [1.54, 1.807) is 0 Å². The van der Waals surface area contributed by atoms with Crippen LogP contribution < -0.4 is 5.73 Å². The van der Waals surface area contributed by atoms with Gasteiger partial charge < -0.3 is 5.73 Å². The van der Waals surface area contributed by atoms with Gasteiger partial charge in [-0.25, -0.2) is 0 Å². The number of hydrogen-bond donors (Lipinski definition) is 1. The van der Waals surface area contributed by atoms with E-state index in [1.807, 2.05) is 30.3 Å². The maximum absolute atomic E-state index is 9.38. The van der Waals surface area contributed by atoms with Crippen LogP contribution in [0, 0.1) is 11.3 Å². The topological polar surface area (TPSA) is 49.8 Å². The lowest BCUT2D eigenvalue weighted by atomic mass is 9.77. The molecule has 0 spiro atoms. The largest absolute Gasteiger partial charge is 0.389 e. The Morgan fingerprint density at radius 1 is 1.30 bits per heavy atom. The molecule has 1 aromatic carbocycles. The molecule has 23 heavy (non-hydrogen) atoms. The molecular formula is C19H17ClN2S. The minimum absolute atomic E-state index is 0.0296. The van der Waals surface area contributed by atoms with Crippen molar-refractivity contribution in [2.45, 2.75) is 25.7 Å². The summed E-state index contributed by atoms with van der Waals surface area (Å²) in [5, 5.41) is 10.7. The van der Waals surface area contributed by atoms with E-state index in [1.165, 1.54) is 21.8 Å². The fourth-order valence-corrected chi connectivity index (χ4v) is 4.25. The Kier molecular flexibility index (Phi) is 4.06. The van der Waals surface area contributed by atoms with Gasteiger partial charge >= 0.3 is 0 Å². The first kappa shape index (κ1) is 15.9. The molecule has 2 N–H and O–H groups in total. The Hall–Kier alpha value is -2.02. The lowest BCUT2D eigenvalue weighted by Crippen LogP contribution is -2.20. The van der Waals surface area contributed by atoms with Gasteiger partial charge in [0.25, 0.3) is 0 Å². The number of nitrogen functional groups attached to an aromatic ring is 1. The molecule has 2 nitrogen and oxygen atoms in total. The van der Waals surface area contributed by atoms with E-state index >= 15 is 0 Å². The summed E-state index contributed by atoms with van der Waals surface area (Å²) in [7, 11) is 0. The van der Waals surface area contributed by atoms with E-state index in [9.17, 15) is 5.26 Å². The van der Waals surface area contributed by atoms with Gasteiger partial charge in [0.05, 0.1) is 5.56 Å². The molecule has 0 fully saturated rings. The number of anilines is 1. The van der Waals surface area contributed by atoms with Crippen LogP contribution in [0.3, 0.4) is 0 Å². The first-order valence-corrected chi connectivity index (χ1v) is 8.58. The molecule has 1 aromatic heterocycles. The molecule has 0 atom stereocenters. The summed E-state index contributed by atoms with van der Waals surface area (Å²) in [6.45, 7) is 4.39. The van der Waals surface area contributed by atoms with E-state index in [0.29, 0.717) is 10.6 Å². The van der Waals surface area contributed by atoms with Gasteiger partial charge in [-0.15, -0.1) is 11.3 Å². The average molecular weight is 341 g/mol. The number of hydrogen-bond acceptors (Lipinski definition) is 3. The van der Waals surface area contributed by atoms with E-state index in [-0.39, 0.29) is 5.41 Å². The van der Waals surface area contributed by atoms with Crippen LogP contribution >= 0.6 is 22.9 Å². The van der Waals surface area contributed by atoms with Gasteiger partial charge in [-0.2, -0.15) is 5.26 Å². The Balaban J connectivity index is 2.03. The maximum Gasteiger partial charge on any atom is 0.105 e. The zero-order valence-electron chi connectivity index (χ0n) is 13.1. The third kappa shape index (κ3) is 2.93. The summed E-state index contributed by atoms with van der Waals surface area (Å²) in [5.41, 5.74) is 9.73. The van der Waals surface area contributed by atoms with Gasteiger partial charge in [-0.1, -0.05) is 55.8 Å². The van der Waals surface area contributed by atoms with Gasteiger partial charge in [0.1, 0.15) is 11.1 Å². The summed E-state index contributed by atoms with van der Waals surface area (Å²) in [6.07, 6.45) is 7.10. The molecule has 0 radical (unpaired) electrons. The van der Waals surface area contributed by atoms with Gasteiger partial charge in [0.2, 0.25) is 0 Å². The highest BCUT2D eigenvalue weighted by Crippen LogP contribution is 2.46. The molecule has 1 heterocycles. The molecular weight excluding hydrogens is 324 g/mol. The van der Waals surface area contributed by atoms with E-state index in [0.717, 1.165) is 22.6 Å². The zero-order valence-corrected chi connectivity index (χ0v) is 14.6. The fourth-order valence-electron chi connectivity index (χ4n) is 2.96. The third-order valence-electron chi connectivity index (χ3n) is 4.06. The maximum atomic E-state index is 9.38. The van der Waals surface area contributed by atoms with Gasteiger partial charge in [0.15, 0.2) is 0 Å². The molecule has 0 saturated carbocycles. The number of thiophene rings is 1. The minimum Gasteiger partial charge on any atom is -0.389 e. The number of halogens is 1. The predicted molar refractivity (Wildman–Crippen MR) is 99.6 cm³/mol. The van der Waals surface area contributed by atoms with Crippen molar-refractivity contribution in [2.75, 3.05) is 5.73 Å². The summed E-state index contributed by atoms with van der Waals surface area (Å²) < 4.78 is 0. The lowest BCUT2D eigenvalue weighted by Gasteiger charge is -2.29. The second-order valence-electron chi connectivity index (χ2n) is 6.33. The van der Waals surface area contributed by atoms with Crippen LogP contribution in [0.4, 0.5) is 5.00 Å². The average Bonchev–Trinajstić information content (AvgIpc) is 2.82. The van der Waals surface area contributed by atoms with Crippen molar-refractivity contribution in [1.29, 1.82) is 5.26 Å². The number of nitrogens with two attached hydrogens (primary N) is 1. The van der Waals surface area contributed by atoms with E-state index < -0.39 is 0 Å². The molecule has 1 aliphatic rings. The number of fused-ring (bicyclic) bond motifs is 1. The number of allylic oxidation sites excluding steroid dienone is 2. The van der Waals surface area contributed by atoms with Crippen LogP contribution in [0.25, 0.3) is 12.2 Å². The van der Waals surface area contributed by atoms with Crippen LogP contribution in [0.5, 0.6) is 0 Å². The summed E-state index contributed by atoms with van der Waals surface area (Å²) in [6, 6.07) is 10.00. The Morgan fingerprint density at radius 2 is 2.04 bits per heavy atom. The first-order valence-electron chi connectivity index (χ1n) is 7.38. The highest BCUT2D eigenvalue weighted by Gasteiger charge is 2.32. The second-order valence-corrected chi connectivity index (χ2v) is 7.79. The normalized spacial score (nSPS) is 16.0. The van der Waals surface area contributed by atoms with Gasteiger partial charge in [0, 0.05) is 20.9 Å². The number of nitrogens with zero attached hydrogens (tertiary/aromatic N) is 1. The molecule has 3 rings (SSSR count). The van der Waals surface area contributed by atoms with Crippen LogP contribution in [-0.4, -0.2) is 0 Å². The standard InChI is InChI=1S/C19H17ClN2S/c1-19(2)10-12(7-8-13-5-3-4-6-16(13)20)9-14-15(11-21)18(22)23-17(14)19/h3-9H,10,22H2,1-2H3/b8-7+. The monoisotopic (exact) mass is 340 g/mol. The zero-order chi connectivity index (χ0) is 16.6. The van der Waals surface area contributed by atoms with Crippen molar-refractivity contribution >= 4 is 40.1 Å². The van der Waals surface area contributed by atoms with Gasteiger partial charge in [-0.05, 0) is 29.7 Å². The summed E-state index contributed by atoms with van der Waals surface area (Å²) in [5.74, 6) is 0. The highest BCUT2D eigenvalue weighted by atomic mass is 35.5. The SMILES string of the molecule is CC1(C)CC(/C=C/c2ccccc2Cl)=Cc2c1sc(N)c2C#N. The molecule has 0 saturated heterocycles. The summed E-state index contributed by atoms with van der Waals surface area (Å²) >= 11 is 7.73. The van der Waals surface area contributed by atoms with Crippen molar-refractivity contribution in [3.8, 4) is 6.07 Å². The van der Waals surface area contributed by atoms with E-state index in [2.05, 4.69) is 32.1 Å². The Morgan fingerprint density at radius 3 is 2.74 bits per heavy atom. The molecule has 0 amide bonds. The molecule has 2 aromatic rings. The van der Waals surface area contributed by atoms with Crippen molar-refractivity contribution < 1.29 is 0 Å². The van der Waals surface area contributed by atoms with Gasteiger partial charge in [-0.3, -0.25) is 0 Å². The molecule has 116 valence electrons. The van der Waals surface area contributed by atoms with Crippen molar-refractivity contribution in [1.82, 2.24) is 0 Å². The molecule has 0 aliphatic heterocycles. The van der Waals surface area contributed by atoms with Crippen LogP contribution in [0.2, 0.25) is 5.02 Å². The predicted octanol–water partition coefficient (Wildman–Crippen LogP) is 5.63. The van der Waals surface area contributed by atoms with Crippen molar-refractivity contribution in [3.63, 3.8) is 0 Å². The number of benzene rings is 1. The highest BCUT2D eigenvalue weighted by molar-refractivity contribution is 7.16. The third-order valence-corrected chi connectivity index (χ3v) is 5.80. The number of rotatable bonds is 2. The molecule has 4 heteroatoms. The summed E-state index contributed by atoms with van der Waals surface area (Å²) in [4.78, 5) is 1.20. The first-order chi connectivity index (χ1) is 10.9. The van der Waals surface area contributed by atoms with Crippen LogP contribution in [-0.2, 0) is 5.41 Å². The smallest absolute Gasteiger partial charge is 0.105 e. The minimum atomic E-state index is -0.0296. The molecule has 0 unspecified atom stereocenters. The number of nitriles is 1. The molecule has 1 aliphatic carbocycles. The van der Waals surface area contributed by atoms with E-state index in [4.69, 9.17) is 17.3 Å². The van der Waals surface area contributed by atoms with Crippen molar-refractivity contribution in [3.05, 3.63) is 62.5 Å². The van der Waals surface area contributed by atoms with Crippen LogP contribution in [0.15, 0.2) is 35.9 Å². The molecule has 0 bridgehead atoms. The van der Waals surface area contributed by atoms with Crippen molar-refractivity contribution in [2.24, 2.45) is 0 Å². The second kappa shape index (κ2) is 5.88. The lowest BCUT2D eigenvalue weighted by molar-refractivity contribution is 0.531. The Bertz CT molecular complexity index is 866. The fraction of sp³-hybridized carbons (Fsp3) is 0.211. The van der Waals surface area contributed by atoms with Crippen LogP contribution in [0.1, 0.15) is 41.8 Å². The quantitative estimate of drug-likeness (QED) is 0.769.